The van der Waals surface area contributed by atoms with Gasteiger partial charge in [-0.15, -0.1) is 0 Å². The first-order valence-electron chi connectivity index (χ1n) is 8.39. The molecule has 1 heterocycles. The molecule has 2 rings (SSSR count). The van der Waals surface area contributed by atoms with Crippen LogP contribution in [0.1, 0.15) is 31.7 Å². The molecule has 0 spiro atoms. The maximum absolute atomic E-state index is 12.4. The van der Waals surface area contributed by atoms with E-state index in [0.29, 0.717) is 12.3 Å². The Labute approximate surface area is 134 Å². The van der Waals surface area contributed by atoms with E-state index in [0.717, 1.165) is 50.3 Å². The number of carbonyl (C=O) groups excluding carboxylic acids is 1. The predicted molar refractivity (Wildman–Crippen MR) is 91.7 cm³/mol. The third kappa shape index (κ3) is 4.73. The van der Waals surface area contributed by atoms with Crippen LogP contribution in [0.25, 0.3) is 0 Å². The number of nitrogen functional groups attached to an aromatic ring is 1. The van der Waals surface area contributed by atoms with Gasteiger partial charge in [0.25, 0.3) is 0 Å². The standard InChI is InChI=1S/C18H29N3O/c1-3-11-20(2)13-15-10-12-21(14-15)18(22)9-8-16-6-4-5-7-17(16)19/h4-7,15H,3,8-14,19H2,1-2H3. The molecule has 1 aliphatic rings. The third-order valence-corrected chi connectivity index (χ3v) is 4.48. The summed E-state index contributed by atoms with van der Waals surface area (Å²) in [5.41, 5.74) is 7.80. The lowest BCUT2D eigenvalue weighted by atomic mass is 10.1. The molecule has 0 saturated carbocycles. The lowest BCUT2D eigenvalue weighted by Gasteiger charge is -2.21. The van der Waals surface area contributed by atoms with E-state index in [4.69, 9.17) is 5.73 Å². The van der Waals surface area contributed by atoms with Crippen LogP contribution < -0.4 is 5.73 Å². The highest BCUT2D eigenvalue weighted by Gasteiger charge is 2.26. The molecule has 1 saturated heterocycles. The topological polar surface area (TPSA) is 49.6 Å². The van der Waals surface area contributed by atoms with E-state index in [1.54, 1.807) is 0 Å². The fourth-order valence-corrected chi connectivity index (χ4v) is 3.28. The lowest BCUT2D eigenvalue weighted by molar-refractivity contribution is -0.130. The van der Waals surface area contributed by atoms with E-state index in [1.807, 2.05) is 29.2 Å². The Morgan fingerprint density at radius 2 is 2.18 bits per heavy atom. The van der Waals surface area contributed by atoms with Crippen molar-refractivity contribution in [3.63, 3.8) is 0 Å². The van der Waals surface area contributed by atoms with Gasteiger partial charge in [-0.2, -0.15) is 0 Å². The van der Waals surface area contributed by atoms with Crippen molar-refractivity contribution < 1.29 is 4.79 Å². The highest BCUT2D eigenvalue weighted by atomic mass is 16.2. The molecule has 1 unspecified atom stereocenters. The number of nitrogens with zero attached hydrogens (tertiary/aromatic N) is 2. The minimum Gasteiger partial charge on any atom is -0.399 e. The number of nitrogens with two attached hydrogens (primary N) is 1. The van der Waals surface area contributed by atoms with Crippen LogP contribution in [0, 0.1) is 5.92 Å². The predicted octanol–water partition coefficient (Wildman–Crippen LogP) is 2.39. The Balaban J connectivity index is 1.76. The molecular formula is C18H29N3O. The number of likely N-dealkylation sites (tertiary alicyclic amines) is 1. The van der Waals surface area contributed by atoms with Gasteiger partial charge in [-0.3, -0.25) is 4.79 Å². The molecule has 0 aromatic heterocycles. The fraction of sp³-hybridized carbons (Fsp3) is 0.611. The number of rotatable bonds is 7. The summed E-state index contributed by atoms with van der Waals surface area (Å²) in [4.78, 5) is 16.8. The molecule has 4 nitrogen and oxygen atoms in total. The molecule has 1 atom stereocenters. The van der Waals surface area contributed by atoms with E-state index < -0.39 is 0 Å². The number of benzene rings is 1. The van der Waals surface area contributed by atoms with Gasteiger partial charge in [0.05, 0.1) is 0 Å². The maximum Gasteiger partial charge on any atom is 0.222 e. The Bertz CT molecular complexity index is 489. The average molecular weight is 303 g/mol. The van der Waals surface area contributed by atoms with E-state index in [2.05, 4.69) is 18.9 Å². The van der Waals surface area contributed by atoms with Crippen molar-refractivity contribution >= 4 is 11.6 Å². The van der Waals surface area contributed by atoms with Gasteiger partial charge in [0.15, 0.2) is 0 Å². The number of aryl methyl sites for hydroxylation is 1. The number of amides is 1. The highest BCUT2D eigenvalue weighted by molar-refractivity contribution is 5.77. The van der Waals surface area contributed by atoms with Crippen molar-refractivity contribution in [3.05, 3.63) is 29.8 Å². The second-order valence-corrected chi connectivity index (χ2v) is 6.46. The van der Waals surface area contributed by atoms with Crippen molar-refractivity contribution in [2.24, 2.45) is 5.92 Å². The van der Waals surface area contributed by atoms with Crippen molar-refractivity contribution in [3.8, 4) is 0 Å². The zero-order chi connectivity index (χ0) is 15.9. The molecule has 4 heteroatoms. The first-order chi connectivity index (χ1) is 10.6. The molecule has 0 bridgehead atoms. The highest BCUT2D eigenvalue weighted by Crippen LogP contribution is 2.19. The van der Waals surface area contributed by atoms with Gasteiger partial charge in [0, 0.05) is 31.7 Å². The Morgan fingerprint density at radius 1 is 1.41 bits per heavy atom. The van der Waals surface area contributed by atoms with Gasteiger partial charge in [-0.1, -0.05) is 25.1 Å². The van der Waals surface area contributed by atoms with Crippen LogP contribution in [-0.2, 0) is 11.2 Å². The smallest absolute Gasteiger partial charge is 0.222 e. The molecule has 1 aliphatic heterocycles. The van der Waals surface area contributed by atoms with Crippen LogP contribution in [0.4, 0.5) is 5.69 Å². The molecule has 1 amide bonds. The van der Waals surface area contributed by atoms with Gasteiger partial charge in [-0.25, -0.2) is 0 Å². The summed E-state index contributed by atoms with van der Waals surface area (Å²) in [6, 6.07) is 7.81. The largest absolute Gasteiger partial charge is 0.399 e. The summed E-state index contributed by atoms with van der Waals surface area (Å²) in [5, 5.41) is 0. The first-order valence-corrected chi connectivity index (χ1v) is 8.39. The maximum atomic E-state index is 12.4. The Morgan fingerprint density at radius 3 is 2.91 bits per heavy atom. The summed E-state index contributed by atoms with van der Waals surface area (Å²) in [7, 11) is 2.17. The molecule has 0 radical (unpaired) electrons. The van der Waals surface area contributed by atoms with Crippen molar-refractivity contribution in [2.75, 3.05) is 39.0 Å². The first kappa shape index (κ1) is 16.8. The van der Waals surface area contributed by atoms with Crippen LogP contribution in [0.15, 0.2) is 24.3 Å². The van der Waals surface area contributed by atoms with Crippen LogP contribution in [0.5, 0.6) is 0 Å². The molecule has 1 aromatic carbocycles. The molecule has 0 aliphatic carbocycles. The number of hydrogen-bond donors (Lipinski definition) is 1. The summed E-state index contributed by atoms with van der Waals surface area (Å²) in [5.74, 6) is 0.895. The minimum atomic E-state index is 0.267. The number of hydrogen-bond acceptors (Lipinski definition) is 3. The summed E-state index contributed by atoms with van der Waals surface area (Å²) in [6.07, 6.45) is 3.62. The molecule has 2 N–H and O–H groups in total. The SMILES string of the molecule is CCCN(C)CC1CCN(C(=O)CCc2ccccc2N)C1. The van der Waals surface area contributed by atoms with Crippen LogP contribution >= 0.6 is 0 Å². The van der Waals surface area contributed by atoms with Gasteiger partial charge in [0.1, 0.15) is 0 Å². The van der Waals surface area contributed by atoms with Crippen molar-refractivity contribution in [1.82, 2.24) is 9.80 Å². The van der Waals surface area contributed by atoms with E-state index in [1.165, 1.54) is 6.42 Å². The summed E-state index contributed by atoms with van der Waals surface area (Å²) in [6.45, 7) is 6.27. The molecule has 22 heavy (non-hydrogen) atoms. The number of anilines is 1. The minimum absolute atomic E-state index is 0.267. The lowest BCUT2D eigenvalue weighted by Crippen LogP contribution is -2.32. The van der Waals surface area contributed by atoms with Gasteiger partial charge in [-0.05, 0) is 50.4 Å². The normalized spacial score (nSPS) is 18.1. The van der Waals surface area contributed by atoms with Crippen LogP contribution in [0.3, 0.4) is 0 Å². The van der Waals surface area contributed by atoms with Crippen molar-refractivity contribution in [1.29, 1.82) is 0 Å². The fourth-order valence-electron chi connectivity index (χ4n) is 3.28. The molecule has 1 aromatic rings. The zero-order valence-corrected chi connectivity index (χ0v) is 13.9. The third-order valence-electron chi connectivity index (χ3n) is 4.48. The van der Waals surface area contributed by atoms with E-state index in [9.17, 15) is 4.79 Å². The quantitative estimate of drug-likeness (QED) is 0.787. The zero-order valence-electron chi connectivity index (χ0n) is 13.9. The Hall–Kier alpha value is -1.55. The monoisotopic (exact) mass is 303 g/mol. The van der Waals surface area contributed by atoms with E-state index >= 15 is 0 Å². The second kappa shape index (κ2) is 8.18. The summed E-state index contributed by atoms with van der Waals surface area (Å²) >= 11 is 0. The second-order valence-electron chi connectivity index (χ2n) is 6.46. The van der Waals surface area contributed by atoms with Gasteiger partial charge >= 0.3 is 0 Å². The van der Waals surface area contributed by atoms with Crippen molar-refractivity contribution in [2.45, 2.75) is 32.6 Å². The summed E-state index contributed by atoms with van der Waals surface area (Å²) < 4.78 is 0. The average Bonchev–Trinajstić information content (AvgIpc) is 2.95. The molecule has 1 fully saturated rings. The number of para-hydroxylation sites is 1. The number of carbonyl (C=O) groups is 1. The molecular weight excluding hydrogens is 274 g/mol. The molecule has 122 valence electrons. The van der Waals surface area contributed by atoms with Gasteiger partial charge in [0.2, 0.25) is 5.91 Å². The van der Waals surface area contributed by atoms with E-state index in [-0.39, 0.29) is 5.91 Å². The Kier molecular flexibility index (Phi) is 6.25. The van der Waals surface area contributed by atoms with Gasteiger partial charge < -0.3 is 15.5 Å². The van der Waals surface area contributed by atoms with Crippen LogP contribution in [-0.4, -0.2) is 48.9 Å². The van der Waals surface area contributed by atoms with Crippen LogP contribution in [0.2, 0.25) is 0 Å².